The molecule has 0 radical (unpaired) electrons. The number of alkyl halides is 1. The van der Waals surface area contributed by atoms with Crippen molar-refractivity contribution in [3.63, 3.8) is 0 Å². The van der Waals surface area contributed by atoms with E-state index in [-0.39, 0.29) is 12.2 Å². The first kappa shape index (κ1) is 23.7. The van der Waals surface area contributed by atoms with Crippen molar-refractivity contribution in [2.75, 3.05) is 54.5 Å². The number of aryl methyl sites for hydroxylation is 1. The lowest BCUT2D eigenvalue weighted by atomic mass is 10.1. The monoisotopic (exact) mass is 523 g/mol. The molecule has 37 heavy (non-hydrogen) atoms. The number of rotatable bonds is 5. The fraction of sp³-hybridized carbons (Fsp3) is 0.400. The molecule has 0 saturated carbocycles. The minimum Gasteiger partial charge on any atom is -0.444 e. The molecule has 2 aliphatic rings. The number of carbonyl (C=O) groups is 1. The number of nitrogens with one attached hydrogen (secondary N) is 1. The number of piperidine rings is 1. The normalized spacial score (nSPS) is 18.4. The second-order valence-electron chi connectivity index (χ2n) is 9.14. The van der Waals surface area contributed by atoms with Crippen LogP contribution >= 0.6 is 11.3 Å². The summed E-state index contributed by atoms with van der Waals surface area (Å²) in [7, 11) is 0. The van der Waals surface area contributed by atoms with Crippen LogP contribution in [0.25, 0.3) is 21.8 Å². The summed E-state index contributed by atoms with van der Waals surface area (Å²) in [4.78, 5) is 35.4. The van der Waals surface area contributed by atoms with Gasteiger partial charge in [-0.05, 0) is 38.0 Å². The molecule has 2 fully saturated rings. The van der Waals surface area contributed by atoms with E-state index in [2.05, 4.69) is 20.2 Å². The topological polar surface area (TPSA) is 110 Å². The van der Waals surface area contributed by atoms with Gasteiger partial charge in [0, 0.05) is 37.1 Å². The third kappa shape index (κ3) is 4.98. The molecule has 0 aliphatic carbocycles. The third-order valence-electron chi connectivity index (χ3n) is 6.42. The zero-order chi connectivity index (χ0) is 25.4. The van der Waals surface area contributed by atoms with Crippen LogP contribution in [0.5, 0.6) is 0 Å². The summed E-state index contributed by atoms with van der Waals surface area (Å²) >= 11 is 1.51. The number of halogens is 1. The van der Waals surface area contributed by atoms with Gasteiger partial charge in [-0.3, -0.25) is 9.78 Å². The number of hydrogen-bond donors (Lipinski definition) is 1. The minimum atomic E-state index is -0.948. The number of nitrogens with zero attached hydrogens (tertiary/aromatic N) is 6. The summed E-state index contributed by atoms with van der Waals surface area (Å²) in [6, 6.07) is 5.48. The maximum Gasteiger partial charge on any atom is 0.277 e. The number of carbonyl (C=O) groups excluding carboxylic acids is 1. The predicted octanol–water partition coefficient (Wildman–Crippen LogP) is 4.08. The summed E-state index contributed by atoms with van der Waals surface area (Å²) in [5.74, 6) is 0.406. The number of hydrogen-bond acceptors (Lipinski definition) is 10. The van der Waals surface area contributed by atoms with Gasteiger partial charge in [-0.25, -0.2) is 14.4 Å². The Balaban J connectivity index is 1.32. The Hall–Kier alpha value is -3.64. The molecule has 2 aliphatic heterocycles. The standard InChI is InChI=1S/C25H26FN7O3S/c1-15-11-16(4-5-27-15)24-29-19(14-36-24)23(34)28-18-12-20-21(30-22(18)33-6-2-3-17(26)13-33)31-25(37-20)32-7-9-35-10-8-32/h4-5,11-12,14,17H,2-3,6-10,13H2,1H3,(H,28,34)/t17-/m0/s1. The van der Waals surface area contributed by atoms with E-state index in [9.17, 15) is 9.18 Å². The van der Waals surface area contributed by atoms with E-state index in [0.29, 0.717) is 55.6 Å². The van der Waals surface area contributed by atoms with Crippen molar-refractivity contribution in [3.8, 4) is 11.5 Å². The predicted molar refractivity (Wildman–Crippen MR) is 139 cm³/mol. The SMILES string of the molecule is Cc1cc(-c2nc(C(=O)Nc3cc4sc(N5CCOCC5)nc4nc3N3CCC[C@H](F)C3)co2)ccn1. The molecule has 0 spiro atoms. The van der Waals surface area contributed by atoms with Gasteiger partial charge in [0.1, 0.15) is 12.4 Å². The number of ether oxygens (including phenoxy) is 1. The van der Waals surface area contributed by atoms with E-state index in [0.717, 1.165) is 34.2 Å². The lowest BCUT2D eigenvalue weighted by Crippen LogP contribution is -2.37. The van der Waals surface area contributed by atoms with Gasteiger partial charge in [-0.15, -0.1) is 0 Å². The van der Waals surface area contributed by atoms with Gasteiger partial charge >= 0.3 is 0 Å². The Bertz CT molecular complexity index is 1430. The Labute approximate surface area is 216 Å². The molecule has 192 valence electrons. The molecule has 6 rings (SSSR count). The number of oxazole rings is 1. The Morgan fingerprint density at radius 1 is 1.16 bits per heavy atom. The van der Waals surface area contributed by atoms with Crippen LogP contribution in [0.1, 0.15) is 29.0 Å². The van der Waals surface area contributed by atoms with Crippen LogP contribution in [0.2, 0.25) is 0 Å². The maximum absolute atomic E-state index is 14.3. The molecular weight excluding hydrogens is 497 g/mol. The van der Waals surface area contributed by atoms with E-state index in [1.807, 2.05) is 24.0 Å². The van der Waals surface area contributed by atoms with E-state index < -0.39 is 12.1 Å². The van der Waals surface area contributed by atoms with Crippen LogP contribution in [-0.2, 0) is 4.74 Å². The van der Waals surface area contributed by atoms with Crippen molar-refractivity contribution in [3.05, 3.63) is 42.0 Å². The molecule has 4 aromatic heterocycles. The largest absolute Gasteiger partial charge is 0.444 e. The smallest absolute Gasteiger partial charge is 0.277 e. The average molecular weight is 524 g/mol. The van der Waals surface area contributed by atoms with E-state index in [1.165, 1.54) is 17.6 Å². The van der Waals surface area contributed by atoms with Gasteiger partial charge in [-0.1, -0.05) is 11.3 Å². The summed E-state index contributed by atoms with van der Waals surface area (Å²) in [6.45, 7) is 5.57. The molecule has 1 amide bonds. The van der Waals surface area contributed by atoms with Crippen molar-refractivity contribution in [2.45, 2.75) is 25.9 Å². The van der Waals surface area contributed by atoms with Crippen molar-refractivity contribution in [2.24, 2.45) is 0 Å². The van der Waals surface area contributed by atoms with Crippen molar-refractivity contribution in [1.82, 2.24) is 19.9 Å². The number of morpholine rings is 1. The quantitative estimate of drug-likeness (QED) is 0.414. The molecule has 0 bridgehead atoms. The number of amides is 1. The fourth-order valence-corrected chi connectivity index (χ4v) is 5.56. The summed E-state index contributed by atoms with van der Waals surface area (Å²) in [6.07, 6.45) is 3.28. The highest BCUT2D eigenvalue weighted by atomic mass is 32.1. The lowest BCUT2D eigenvalue weighted by Gasteiger charge is -2.31. The van der Waals surface area contributed by atoms with Gasteiger partial charge in [0.05, 0.1) is 30.1 Å². The van der Waals surface area contributed by atoms with Crippen molar-refractivity contribution in [1.29, 1.82) is 0 Å². The fourth-order valence-electron chi connectivity index (χ4n) is 4.56. The maximum atomic E-state index is 14.3. The van der Waals surface area contributed by atoms with Crippen LogP contribution in [0.3, 0.4) is 0 Å². The van der Waals surface area contributed by atoms with E-state index >= 15 is 0 Å². The van der Waals surface area contributed by atoms with Gasteiger partial charge in [0.2, 0.25) is 5.89 Å². The Kier molecular flexibility index (Phi) is 6.43. The highest BCUT2D eigenvalue weighted by Crippen LogP contribution is 2.36. The molecule has 1 atom stereocenters. The van der Waals surface area contributed by atoms with Gasteiger partial charge in [-0.2, -0.15) is 4.98 Å². The molecule has 6 heterocycles. The van der Waals surface area contributed by atoms with Gasteiger partial charge in [0.15, 0.2) is 22.3 Å². The van der Waals surface area contributed by atoms with E-state index in [1.54, 1.807) is 12.3 Å². The van der Waals surface area contributed by atoms with Crippen LogP contribution in [0, 0.1) is 6.92 Å². The first-order valence-corrected chi connectivity index (χ1v) is 13.1. The molecule has 0 aromatic carbocycles. The molecule has 0 unspecified atom stereocenters. The number of aromatic nitrogens is 4. The number of fused-ring (bicyclic) bond motifs is 1. The average Bonchev–Trinajstić information content (AvgIpc) is 3.56. The van der Waals surface area contributed by atoms with Gasteiger partial charge < -0.3 is 24.3 Å². The molecule has 2 saturated heterocycles. The molecule has 1 N–H and O–H groups in total. The number of pyridine rings is 2. The van der Waals surface area contributed by atoms with Crippen LogP contribution in [0.4, 0.5) is 21.0 Å². The molecular formula is C25H26FN7O3S. The molecule has 4 aromatic rings. The summed E-state index contributed by atoms with van der Waals surface area (Å²) < 4.78 is 26.2. The van der Waals surface area contributed by atoms with E-state index in [4.69, 9.17) is 19.1 Å². The lowest BCUT2D eigenvalue weighted by molar-refractivity contribution is 0.102. The second kappa shape index (κ2) is 10.0. The van der Waals surface area contributed by atoms with Crippen molar-refractivity contribution >= 4 is 44.2 Å². The van der Waals surface area contributed by atoms with Crippen LogP contribution < -0.4 is 15.1 Å². The number of anilines is 3. The van der Waals surface area contributed by atoms with Crippen LogP contribution in [-0.4, -0.2) is 71.4 Å². The first-order valence-electron chi connectivity index (χ1n) is 12.3. The van der Waals surface area contributed by atoms with Crippen molar-refractivity contribution < 1.29 is 18.3 Å². The summed E-state index contributed by atoms with van der Waals surface area (Å²) in [5, 5.41) is 3.80. The zero-order valence-corrected chi connectivity index (χ0v) is 21.1. The minimum absolute atomic E-state index is 0.135. The third-order valence-corrected chi connectivity index (χ3v) is 7.48. The Morgan fingerprint density at radius 2 is 2.03 bits per heavy atom. The number of thiazole rings is 1. The molecule has 10 nitrogen and oxygen atoms in total. The first-order chi connectivity index (χ1) is 18.0. The highest BCUT2D eigenvalue weighted by molar-refractivity contribution is 7.22. The highest BCUT2D eigenvalue weighted by Gasteiger charge is 2.26. The second-order valence-corrected chi connectivity index (χ2v) is 10.1. The molecule has 12 heteroatoms. The van der Waals surface area contributed by atoms with Crippen LogP contribution in [0.15, 0.2) is 35.1 Å². The summed E-state index contributed by atoms with van der Waals surface area (Å²) in [5.41, 5.74) is 2.76. The van der Waals surface area contributed by atoms with Gasteiger partial charge in [0.25, 0.3) is 5.91 Å². The zero-order valence-electron chi connectivity index (χ0n) is 20.3. The Morgan fingerprint density at radius 3 is 2.84 bits per heavy atom.